The minimum absolute atomic E-state index is 0.0149. The molecular weight excluding hydrogens is 532 g/mol. The molecule has 2 unspecified atom stereocenters. The number of piperidine rings is 1. The van der Waals surface area contributed by atoms with Gasteiger partial charge in [-0.1, -0.05) is 30.3 Å². The smallest absolute Gasteiger partial charge is 0.395 e. The van der Waals surface area contributed by atoms with Crippen LogP contribution in [0.3, 0.4) is 0 Å². The van der Waals surface area contributed by atoms with Gasteiger partial charge in [-0.15, -0.1) is 0 Å². The van der Waals surface area contributed by atoms with Crippen LogP contribution >= 0.6 is 0 Å². The number of rotatable bonds is 7. The maximum atomic E-state index is 13.4. The fraction of sp³-hybridized carbons (Fsp3) is 0.462. The molecule has 0 bridgehead atoms. The van der Waals surface area contributed by atoms with E-state index in [2.05, 4.69) is 10.6 Å². The number of urea groups is 1. The molecule has 2 heterocycles. The summed E-state index contributed by atoms with van der Waals surface area (Å²) in [6.07, 6.45) is -10.7. The average molecular weight is 560 g/mol. The van der Waals surface area contributed by atoms with Gasteiger partial charge in [-0.2, -0.15) is 26.3 Å². The molecular formula is C26H27F6N3O4. The molecule has 13 heteroatoms. The standard InChI is InChI=1S/C26H27F6N3O4/c1-16(17-11-19(25(27,28)29)13-20(12-17)26(30,31)32)39-15-23(18-5-3-2-4-6-18)7-8-24(14-33-23)21(37)34-22(38)35(24)9-10-36/h2-6,11-13,16,33,36H,7-10,14-15H2,1H3,(H,34,37,38)/t16?,23-,24?/m1/s1. The predicted octanol–water partition coefficient (Wildman–Crippen LogP) is 4.36. The van der Waals surface area contributed by atoms with Gasteiger partial charge in [0.05, 0.1) is 36.0 Å². The van der Waals surface area contributed by atoms with E-state index in [9.17, 15) is 41.0 Å². The van der Waals surface area contributed by atoms with Gasteiger partial charge in [0.1, 0.15) is 5.54 Å². The number of carbonyl (C=O) groups is 2. The van der Waals surface area contributed by atoms with Crippen molar-refractivity contribution in [2.24, 2.45) is 0 Å². The lowest BCUT2D eigenvalue weighted by molar-refractivity contribution is -0.143. The van der Waals surface area contributed by atoms with E-state index in [0.717, 1.165) is 5.56 Å². The molecule has 3 N–H and O–H groups in total. The lowest BCUT2D eigenvalue weighted by Crippen LogP contribution is -2.65. The van der Waals surface area contributed by atoms with Gasteiger partial charge in [0, 0.05) is 13.1 Å². The van der Waals surface area contributed by atoms with Crippen LogP contribution in [0.15, 0.2) is 48.5 Å². The minimum Gasteiger partial charge on any atom is -0.395 e. The minimum atomic E-state index is -4.99. The van der Waals surface area contributed by atoms with Crippen molar-refractivity contribution in [3.8, 4) is 0 Å². The summed E-state index contributed by atoms with van der Waals surface area (Å²) in [6, 6.07) is 9.59. The highest BCUT2D eigenvalue weighted by atomic mass is 19.4. The van der Waals surface area contributed by atoms with Crippen molar-refractivity contribution in [3.63, 3.8) is 0 Å². The lowest BCUT2D eigenvalue weighted by atomic mass is 9.75. The molecule has 0 aromatic heterocycles. The number of nitrogens with zero attached hydrogens (tertiary/aromatic N) is 1. The van der Waals surface area contributed by atoms with Gasteiger partial charge in [-0.3, -0.25) is 10.1 Å². The summed E-state index contributed by atoms with van der Waals surface area (Å²) in [5.74, 6) is -0.520. The van der Waals surface area contributed by atoms with Gasteiger partial charge in [0.25, 0.3) is 5.91 Å². The highest BCUT2D eigenvalue weighted by Gasteiger charge is 2.56. The zero-order chi connectivity index (χ0) is 28.6. The summed E-state index contributed by atoms with van der Waals surface area (Å²) in [4.78, 5) is 26.3. The molecule has 212 valence electrons. The number of alkyl halides is 6. The van der Waals surface area contributed by atoms with Gasteiger partial charge in [-0.25, -0.2) is 4.79 Å². The van der Waals surface area contributed by atoms with Crippen LogP contribution in [0.25, 0.3) is 0 Å². The van der Waals surface area contributed by atoms with Crippen LogP contribution < -0.4 is 10.6 Å². The molecule has 2 aliphatic rings. The number of aliphatic hydroxyl groups excluding tert-OH is 1. The van der Waals surface area contributed by atoms with Crippen molar-refractivity contribution in [2.45, 2.75) is 49.3 Å². The van der Waals surface area contributed by atoms with E-state index in [1.807, 2.05) is 0 Å². The van der Waals surface area contributed by atoms with Crippen molar-refractivity contribution in [1.29, 1.82) is 0 Å². The molecule has 7 nitrogen and oxygen atoms in total. The Bertz CT molecular complexity index is 1180. The first-order valence-corrected chi connectivity index (χ1v) is 12.2. The van der Waals surface area contributed by atoms with Crippen molar-refractivity contribution < 1.29 is 45.8 Å². The van der Waals surface area contributed by atoms with Gasteiger partial charge in [0.15, 0.2) is 0 Å². The number of benzene rings is 2. The fourth-order valence-electron chi connectivity index (χ4n) is 5.14. The van der Waals surface area contributed by atoms with E-state index in [4.69, 9.17) is 4.74 Å². The summed E-state index contributed by atoms with van der Waals surface area (Å²) in [6.45, 7) is 0.775. The van der Waals surface area contributed by atoms with Crippen LogP contribution in [0.4, 0.5) is 31.1 Å². The zero-order valence-electron chi connectivity index (χ0n) is 20.8. The first kappa shape index (κ1) is 28.8. The Morgan fingerprint density at radius 3 is 2.13 bits per heavy atom. The van der Waals surface area contributed by atoms with Crippen molar-refractivity contribution in [1.82, 2.24) is 15.5 Å². The summed E-state index contributed by atoms with van der Waals surface area (Å²) in [5, 5.41) is 14.9. The normalized spacial score (nSPS) is 24.8. The second kappa shape index (κ2) is 10.4. The van der Waals surface area contributed by atoms with E-state index in [0.29, 0.717) is 12.1 Å². The number of hydrogen-bond acceptors (Lipinski definition) is 5. The number of imide groups is 1. The Morgan fingerprint density at radius 1 is 1.00 bits per heavy atom. The van der Waals surface area contributed by atoms with Gasteiger partial charge in [-0.05, 0) is 49.1 Å². The third kappa shape index (κ3) is 5.61. The number of hydrogen-bond donors (Lipinski definition) is 3. The van der Waals surface area contributed by atoms with Crippen LogP contribution in [0.2, 0.25) is 0 Å². The molecule has 2 fully saturated rings. The summed E-state index contributed by atoms with van der Waals surface area (Å²) in [7, 11) is 0. The second-order valence-electron chi connectivity index (χ2n) is 9.76. The van der Waals surface area contributed by atoms with Crippen molar-refractivity contribution in [2.75, 3.05) is 26.3 Å². The Balaban J connectivity index is 1.61. The molecule has 1 spiro atoms. The third-order valence-corrected chi connectivity index (χ3v) is 7.40. The highest BCUT2D eigenvalue weighted by molar-refractivity contribution is 6.07. The van der Waals surface area contributed by atoms with Crippen LogP contribution in [-0.4, -0.2) is 53.8 Å². The largest absolute Gasteiger partial charge is 0.416 e. The Hall–Kier alpha value is -3.16. The number of amides is 3. The van der Waals surface area contributed by atoms with E-state index in [-0.39, 0.29) is 50.8 Å². The van der Waals surface area contributed by atoms with E-state index >= 15 is 0 Å². The van der Waals surface area contributed by atoms with Crippen molar-refractivity contribution >= 4 is 11.9 Å². The predicted molar refractivity (Wildman–Crippen MR) is 126 cm³/mol. The topological polar surface area (TPSA) is 90.9 Å². The quantitative estimate of drug-likeness (QED) is 0.347. The molecule has 2 aromatic carbocycles. The molecule has 0 radical (unpaired) electrons. The Kier molecular flexibility index (Phi) is 7.71. The van der Waals surface area contributed by atoms with Crippen LogP contribution in [0.5, 0.6) is 0 Å². The second-order valence-corrected chi connectivity index (χ2v) is 9.76. The molecule has 3 amide bonds. The maximum absolute atomic E-state index is 13.4. The molecule has 0 saturated carbocycles. The summed E-state index contributed by atoms with van der Waals surface area (Å²) in [5.41, 5.74) is -4.65. The SMILES string of the molecule is CC(OC[C@@]1(c2ccccc2)CCC2(CN1)C(=O)NC(=O)N2CCO)c1cc(C(F)(F)F)cc(C(F)(F)F)c1. The third-order valence-electron chi connectivity index (χ3n) is 7.40. The number of β-amino-alcohol motifs (C(OH)–C–C–N with tert-alkyl or cyclic N) is 1. The fourth-order valence-corrected chi connectivity index (χ4v) is 5.14. The van der Waals surface area contributed by atoms with Gasteiger partial charge < -0.3 is 20.1 Å². The van der Waals surface area contributed by atoms with Crippen molar-refractivity contribution in [3.05, 3.63) is 70.8 Å². The lowest BCUT2D eigenvalue weighted by Gasteiger charge is -2.47. The average Bonchev–Trinajstić information content (AvgIpc) is 3.11. The number of ether oxygens (including phenoxy) is 1. The number of halogens is 6. The number of nitrogens with one attached hydrogen (secondary N) is 2. The molecule has 39 heavy (non-hydrogen) atoms. The zero-order valence-corrected chi connectivity index (χ0v) is 20.8. The number of aliphatic hydroxyl groups is 1. The monoisotopic (exact) mass is 559 g/mol. The van der Waals surface area contributed by atoms with Crippen LogP contribution in [-0.2, 0) is 27.4 Å². The maximum Gasteiger partial charge on any atom is 0.416 e. The molecule has 3 atom stereocenters. The van der Waals surface area contributed by atoms with Gasteiger partial charge >= 0.3 is 18.4 Å². The molecule has 2 saturated heterocycles. The molecule has 4 rings (SSSR count). The van der Waals surface area contributed by atoms with Crippen LogP contribution in [0, 0.1) is 0 Å². The van der Waals surface area contributed by atoms with Crippen LogP contribution in [0.1, 0.15) is 48.1 Å². The Labute approximate surface area is 220 Å². The number of carbonyl (C=O) groups excluding carboxylic acids is 2. The van der Waals surface area contributed by atoms with E-state index in [1.165, 1.54) is 11.8 Å². The van der Waals surface area contributed by atoms with E-state index < -0.39 is 52.6 Å². The first-order valence-electron chi connectivity index (χ1n) is 12.2. The molecule has 2 aliphatic heterocycles. The van der Waals surface area contributed by atoms with E-state index in [1.54, 1.807) is 30.3 Å². The summed E-state index contributed by atoms with van der Waals surface area (Å²) >= 11 is 0. The Morgan fingerprint density at radius 2 is 1.62 bits per heavy atom. The molecule has 0 aliphatic carbocycles. The summed E-state index contributed by atoms with van der Waals surface area (Å²) < 4.78 is 86.0. The first-order chi connectivity index (χ1) is 18.2. The highest BCUT2D eigenvalue weighted by Crippen LogP contribution is 2.41. The van der Waals surface area contributed by atoms with Gasteiger partial charge in [0.2, 0.25) is 0 Å². The molecule has 2 aromatic rings.